The molecule has 1 aromatic carbocycles. The highest BCUT2D eigenvalue weighted by Crippen LogP contribution is 2.33. The second kappa shape index (κ2) is 4.62. The van der Waals surface area contributed by atoms with Crippen LogP contribution in [0.4, 0.5) is 0 Å². The standard InChI is InChI=1S/C11H5BrCl2O2/c12-7-4-2-1-3-6(7)5-8-9(13)10(14)11(15)16-8/h1-5H/b8-5-. The molecule has 0 saturated carbocycles. The highest BCUT2D eigenvalue weighted by atomic mass is 79.9. The van der Waals surface area contributed by atoms with E-state index in [1.807, 2.05) is 24.3 Å². The maximum Gasteiger partial charge on any atom is 0.356 e. The van der Waals surface area contributed by atoms with E-state index in [1.165, 1.54) is 0 Å². The highest BCUT2D eigenvalue weighted by molar-refractivity contribution is 9.10. The summed E-state index contributed by atoms with van der Waals surface area (Å²) in [5, 5.41) is 0.0578. The van der Waals surface area contributed by atoms with Gasteiger partial charge < -0.3 is 4.74 Å². The highest BCUT2D eigenvalue weighted by Gasteiger charge is 2.27. The van der Waals surface area contributed by atoms with E-state index in [2.05, 4.69) is 15.9 Å². The first-order valence-corrected chi connectivity index (χ1v) is 5.88. The Morgan fingerprint density at radius 3 is 2.44 bits per heavy atom. The summed E-state index contributed by atoms with van der Waals surface area (Å²) >= 11 is 14.9. The second-order valence-electron chi connectivity index (χ2n) is 3.05. The van der Waals surface area contributed by atoms with Gasteiger partial charge in [0.2, 0.25) is 0 Å². The molecule has 1 aromatic rings. The average molecular weight is 320 g/mol. The fourth-order valence-corrected chi connectivity index (χ4v) is 1.91. The van der Waals surface area contributed by atoms with Gasteiger partial charge in [0.15, 0.2) is 5.76 Å². The molecule has 0 bridgehead atoms. The van der Waals surface area contributed by atoms with Crippen LogP contribution in [0.25, 0.3) is 6.08 Å². The van der Waals surface area contributed by atoms with Crippen LogP contribution in [0.5, 0.6) is 0 Å². The molecule has 82 valence electrons. The Balaban J connectivity index is 2.42. The molecule has 5 heteroatoms. The summed E-state index contributed by atoms with van der Waals surface area (Å²) < 4.78 is 5.79. The third-order valence-electron chi connectivity index (χ3n) is 1.98. The molecule has 0 atom stereocenters. The molecule has 0 fully saturated rings. The van der Waals surface area contributed by atoms with E-state index in [0.717, 1.165) is 10.0 Å². The lowest BCUT2D eigenvalue weighted by molar-refractivity contribution is -0.132. The van der Waals surface area contributed by atoms with Crippen LogP contribution in [-0.2, 0) is 9.53 Å². The number of hydrogen-bond donors (Lipinski definition) is 0. The Morgan fingerprint density at radius 1 is 1.19 bits per heavy atom. The van der Waals surface area contributed by atoms with Crippen LogP contribution >= 0.6 is 39.1 Å². The first-order chi connectivity index (χ1) is 7.59. The monoisotopic (exact) mass is 318 g/mol. The molecule has 0 amide bonds. The lowest BCUT2D eigenvalue weighted by Gasteiger charge is -2.00. The van der Waals surface area contributed by atoms with E-state index >= 15 is 0 Å². The van der Waals surface area contributed by atoms with Crippen molar-refractivity contribution in [2.24, 2.45) is 0 Å². The van der Waals surface area contributed by atoms with Crippen molar-refractivity contribution in [3.05, 3.63) is 50.1 Å². The van der Waals surface area contributed by atoms with Gasteiger partial charge in [-0.05, 0) is 17.7 Å². The fourth-order valence-electron chi connectivity index (χ4n) is 1.21. The van der Waals surface area contributed by atoms with Crippen molar-refractivity contribution >= 4 is 51.2 Å². The average Bonchev–Trinajstić information content (AvgIpc) is 2.50. The predicted molar refractivity (Wildman–Crippen MR) is 66.9 cm³/mol. The van der Waals surface area contributed by atoms with Crippen molar-refractivity contribution in [2.75, 3.05) is 0 Å². The van der Waals surface area contributed by atoms with E-state index < -0.39 is 5.97 Å². The Bertz CT molecular complexity index is 520. The molecule has 0 unspecified atom stereocenters. The predicted octanol–water partition coefficient (Wildman–Crippen LogP) is 4.04. The van der Waals surface area contributed by atoms with Gasteiger partial charge in [-0.3, -0.25) is 0 Å². The van der Waals surface area contributed by atoms with Gasteiger partial charge in [0.1, 0.15) is 10.1 Å². The number of carbonyl (C=O) groups is 1. The van der Waals surface area contributed by atoms with Crippen LogP contribution < -0.4 is 0 Å². The molecule has 0 spiro atoms. The zero-order valence-corrected chi connectivity index (χ0v) is 10.9. The zero-order valence-electron chi connectivity index (χ0n) is 7.84. The Morgan fingerprint density at radius 2 is 1.88 bits per heavy atom. The number of rotatable bonds is 1. The van der Waals surface area contributed by atoms with Gasteiger partial charge in [0.05, 0.1) is 0 Å². The van der Waals surface area contributed by atoms with Crippen molar-refractivity contribution in [3.8, 4) is 0 Å². The molecular weight excluding hydrogens is 315 g/mol. The molecule has 1 aliphatic heterocycles. The van der Waals surface area contributed by atoms with Crippen molar-refractivity contribution in [3.63, 3.8) is 0 Å². The topological polar surface area (TPSA) is 26.3 Å². The molecular formula is C11H5BrCl2O2. The lowest BCUT2D eigenvalue weighted by atomic mass is 10.2. The number of ether oxygens (including phenoxy) is 1. The van der Waals surface area contributed by atoms with Crippen LogP contribution in [0.1, 0.15) is 5.56 Å². The van der Waals surface area contributed by atoms with Gasteiger partial charge in [0, 0.05) is 4.47 Å². The quantitative estimate of drug-likeness (QED) is 0.730. The van der Waals surface area contributed by atoms with Gasteiger partial charge in [-0.25, -0.2) is 4.79 Å². The molecule has 1 aliphatic rings. The van der Waals surface area contributed by atoms with E-state index in [0.29, 0.717) is 0 Å². The second-order valence-corrected chi connectivity index (χ2v) is 4.66. The number of allylic oxidation sites excluding steroid dienone is 1. The van der Waals surface area contributed by atoms with Crippen LogP contribution in [0, 0.1) is 0 Å². The minimum Gasteiger partial charge on any atom is -0.421 e. The number of esters is 1. The molecule has 0 radical (unpaired) electrons. The summed E-state index contributed by atoms with van der Waals surface area (Å²) in [5.41, 5.74) is 0.856. The zero-order chi connectivity index (χ0) is 11.7. The smallest absolute Gasteiger partial charge is 0.356 e. The molecule has 16 heavy (non-hydrogen) atoms. The molecule has 1 heterocycles. The van der Waals surface area contributed by atoms with E-state index in [4.69, 9.17) is 27.9 Å². The molecule has 2 nitrogen and oxygen atoms in total. The van der Waals surface area contributed by atoms with E-state index in [1.54, 1.807) is 6.08 Å². The van der Waals surface area contributed by atoms with Crippen LogP contribution in [0.3, 0.4) is 0 Å². The summed E-state index contributed by atoms with van der Waals surface area (Å²) in [6, 6.07) is 7.49. The van der Waals surface area contributed by atoms with Gasteiger partial charge in [0.25, 0.3) is 0 Å². The van der Waals surface area contributed by atoms with Gasteiger partial charge in [-0.2, -0.15) is 0 Å². The molecule has 0 N–H and O–H groups in total. The minimum absolute atomic E-state index is 0.0834. The fraction of sp³-hybridized carbons (Fsp3) is 0. The minimum atomic E-state index is -0.620. The summed E-state index contributed by atoms with van der Waals surface area (Å²) in [5.74, 6) is -0.353. The van der Waals surface area contributed by atoms with Crippen LogP contribution in [0.15, 0.2) is 44.6 Å². The number of benzene rings is 1. The summed E-state index contributed by atoms with van der Waals surface area (Å²) in [6.07, 6.45) is 1.65. The Labute approximate surface area is 111 Å². The van der Waals surface area contributed by atoms with E-state index in [9.17, 15) is 4.79 Å². The Kier molecular flexibility index (Phi) is 3.38. The van der Waals surface area contributed by atoms with Crippen molar-refractivity contribution < 1.29 is 9.53 Å². The van der Waals surface area contributed by atoms with Crippen molar-refractivity contribution in [1.29, 1.82) is 0 Å². The summed E-state index contributed by atoms with van der Waals surface area (Å²) in [7, 11) is 0. The molecule has 0 aromatic heterocycles. The summed E-state index contributed by atoms with van der Waals surface area (Å²) in [6.45, 7) is 0. The molecule has 0 saturated heterocycles. The largest absolute Gasteiger partial charge is 0.421 e. The SMILES string of the molecule is O=C1O/C(=C\c2ccccc2Br)C(Cl)=C1Cl. The number of carbonyl (C=O) groups excluding carboxylic acids is 1. The first kappa shape index (κ1) is 11.7. The maximum atomic E-state index is 11.1. The number of hydrogen-bond acceptors (Lipinski definition) is 2. The van der Waals surface area contributed by atoms with Crippen molar-refractivity contribution in [2.45, 2.75) is 0 Å². The van der Waals surface area contributed by atoms with Gasteiger partial charge >= 0.3 is 5.97 Å². The number of halogens is 3. The Hall–Kier alpha value is -0.770. The molecule has 2 rings (SSSR count). The summed E-state index contributed by atoms with van der Waals surface area (Å²) in [4.78, 5) is 11.1. The first-order valence-electron chi connectivity index (χ1n) is 4.33. The lowest BCUT2D eigenvalue weighted by Crippen LogP contribution is -1.93. The van der Waals surface area contributed by atoms with E-state index in [-0.39, 0.29) is 15.8 Å². The van der Waals surface area contributed by atoms with Gasteiger partial charge in [-0.1, -0.05) is 57.3 Å². The maximum absolute atomic E-state index is 11.1. The van der Waals surface area contributed by atoms with Crippen molar-refractivity contribution in [1.82, 2.24) is 0 Å². The van der Waals surface area contributed by atoms with Crippen LogP contribution in [0.2, 0.25) is 0 Å². The normalized spacial score (nSPS) is 18.2. The van der Waals surface area contributed by atoms with Crippen LogP contribution in [-0.4, -0.2) is 5.97 Å². The third kappa shape index (κ3) is 2.17. The molecule has 0 aliphatic carbocycles. The number of cyclic esters (lactones) is 1. The third-order valence-corrected chi connectivity index (χ3v) is 3.52. The van der Waals surface area contributed by atoms with Gasteiger partial charge in [-0.15, -0.1) is 0 Å².